The second-order valence-electron chi connectivity index (χ2n) is 3.28. The molecule has 1 radical (unpaired) electrons. The minimum absolute atomic E-state index is 0.115. The minimum Gasteiger partial charge on any atom is -0.494 e. The standard InChI is InChI=1S/C10H11F3NO3S/c11-10(12,13)18(15,16)14-7-4-8-17-9-5-2-1-3-6-9/h2-3,5-6,14H,4,7-8H2. The molecule has 8 heteroatoms. The third-order valence-corrected chi connectivity index (χ3v) is 3.07. The van der Waals surface area contributed by atoms with Gasteiger partial charge in [0.05, 0.1) is 6.61 Å². The molecule has 0 aromatic heterocycles. The highest BCUT2D eigenvalue weighted by Crippen LogP contribution is 2.21. The quantitative estimate of drug-likeness (QED) is 0.808. The Hall–Kier alpha value is -1.28. The fourth-order valence-electron chi connectivity index (χ4n) is 1.02. The molecule has 0 saturated carbocycles. The summed E-state index contributed by atoms with van der Waals surface area (Å²) in [6.45, 7) is -0.217. The van der Waals surface area contributed by atoms with E-state index in [-0.39, 0.29) is 19.6 Å². The van der Waals surface area contributed by atoms with Gasteiger partial charge in [-0.3, -0.25) is 0 Å². The summed E-state index contributed by atoms with van der Waals surface area (Å²) in [6.07, 6.45) is 0.133. The first-order chi connectivity index (χ1) is 8.33. The van der Waals surface area contributed by atoms with Gasteiger partial charge in [-0.2, -0.15) is 13.2 Å². The minimum atomic E-state index is -5.27. The van der Waals surface area contributed by atoms with E-state index in [0.717, 1.165) is 0 Å². The van der Waals surface area contributed by atoms with Crippen molar-refractivity contribution in [3.63, 3.8) is 0 Å². The molecule has 0 bridgehead atoms. The molecular weight excluding hydrogens is 271 g/mol. The third kappa shape index (κ3) is 4.53. The first-order valence-electron chi connectivity index (χ1n) is 4.98. The fraction of sp³-hybridized carbons (Fsp3) is 0.400. The molecule has 0 unspecified atom stereocenters. The van der Waals surface area contributed by atoms with Crippen LogP contribution in [0.2, 0.25) is 0 Å². The van der Waals surface area contributed by atoms with Crippen LogP contribution in [-0.2, 0) is 10.0 Å². The van der Waals surface area contributed by atoms with Crippen LogP contribution >= 0.6 is 0 Å². The number of sulfonamides is 1. The van der Waals surface area contributed by atoms with Gasteiger partial charge in [0.15, 0.2) is 0 Å². The van der Waals surface area contributed by atoms with Crippen molar-refractivity contribution in [1.29, 1.82) is 0 Å². The zero-order valence-corrected chi connectivity index (χ0v) is 10.0. The smallest absolute Gasteiger partial charge is 0.494 e. The highest BCUT2D eigenvalue weighted by atomic mass is 32.2. The van der Waals surface area contributed by atoms with Crippen molar-refractivity contribution in [2.75, 3.05) is 13.2 Å². The molecule has 1 rings (SSSR count). The molecule has 1 N–H and O–H groups in total. The van der Waals surface area contributed by atoms with Crippen LogP contribution < -0.4 is 9.46 Å². The summed E-state index contributed by atoms with van der Waals surface area (Å²) in [4.78, 5) is 0. The summed E-state index contributed by atoms with van der Waals surface area (Å²) in [6, 6.07) is 9.31. The lowest BCUT2D eigenvalue weighted by molar-refractivity contribution is -0.0447. The molecule has 0 amide bonds. The SMILES string of the molecule is O=S(=O)(NCCCOc1cc[c]cc1)C(F)(F)F. The van der Waals surface area contributed by atoms with Gasteiger partial charge < -0.3 is 4.74 Å². The van der Waals surface area contributed by atoms with E-state index in [2.05, 4.69) is 6.07 Å². The Morgan fingerprint density at radius 1 is 1.28 bits per heavy atom. The number of ether oxygens (including phenoxy) is 1. The number of hydrogen-bond donors (Lipinski definition) is 1. The van der Waals surface area contributed by atoms with E-state index in [1.165, 1.54) is 4.72 Å². The molecule has 1 aromatic carbocycles. The number of rotatable bonds is 6. The Bertz CT molecular complexity index is 459. The molecule has 18 heavy (non-hydrogen) atoms. The highest BCUT2D eigenvalue weighted by Gasteiger charge is 2.45. The van der Waals surface area contributed by atoms with Gasteiger partial charge in [0.2, 0.25) is 0 Å². The van der Waals surface area contributed by atoms with Crippen molar-refractivity contribution in [3.05, 3.63) is 30.3 Å². The molecule has 0 fully saturated rings. The zero-order chi connectivity index (χ0) is 13.6. The molecule has 101 valence electrons. The van der Waals surface area contributed by atoms with Gasteiger partial charge in [-0.15, -0.1) is 0 Å². The van der Waals surface area contributed by atoms with E-state index in [1.807, 2.05) is 0 Å². The van der Waals surface area contributed by atoms with Crippen LogP contribution in [-0.4, -0.2) is 27.1 Å². The molecule has 0 aliphatic rings. The van der Waals surface area contributed by atoms with E-state index < -0.39 is 15.5 Å². The number of nitrogens with one attached hydrogen (secondary N) is 1. The summed E-state index contributed by atoms with van der Waals surface area (Å²) in [5.41, 5.74) is -5.27. The predicted molar refractivity (Wildman–Crippen MR) is 58.4 cm³/mol. The maximum Gasteiger partial charge on any atom is 0.511 e. The predicted octanol–water partition coefficient (Wildman–Crippen LogP) is 1.69. The van der Waals surface area contributed by atoms with Crippen molar-refractivity contribution in [1.82, 2.24) is 4.72 Å². The number of hydrogen-bond acceptors (Lipinski definition) is 3. The van der Waals surface area contributed by atoms with Crippen LogP contribution in [0, 0.1) is 6.07 Å². The topological polar surface area (TPSA) is 55.4 Å². The molecule has 1 aromatic rings. The monoisotopic (exact) mass is 282 g/mol. The van der Waals surface area contributed by atoms with Crippen LogP contribution in [0.5, 0.6) is 5.75 Å². The van der Waals surface area contributed by atoms with Gasteiger partial charge >= 0.3 is 15.5 Å². The van der Waals surface area contributed by atoms with Crippen molar-refractivity contribution >= 4 is 10.0 Å². The van der Waals surface area contributed by atoms with Gasteiger partial charge in [0.1, 0.15) is 5.75 Å². The van der Waals surface area contributed by atoms with Crippen molar-refractivity contribution in [3.8, 4) is 5.75 Å². The maximum atomic E-state index is 11.9. The van der Waals surface area contributed by atoms with Gasteiger partial charge in [-0.1, -0.05) is 12.1 Å². The van der Waals surface area contributed by atoms with Gasteiger partial charge in [0, 0.05) is 6.54 Å². The number of alkyl halides is 3. The van der Waals surface area contributed by atoms with Crippen LogP contribution in [0.3, 0.4) is 0 Å². The van der Waals surface area contributed by atoms with E-state index in [9.17, 15) is 21.6 Å². The molecule has 0 heterocycles. The Morgan fingerprint density at radius 3 is 2.44 bits per heavy atom. The van der Waals surface area contributed by atoms with E-state index in [1.54, 1.807) is 24.3 Å². The van der Waals surface area contributed by atoms with Crippen LogP contribution in [0.25, 0.3) is 0 Å². The number of halogens is 3. The zero-order valence-electron chi connectivity index (χ0n) is 9.20. The second kappa shape index (κ2) is 6.05. The van der Waals surface area contributed by atoms with Gasteiger partial charge in [-0.05, 0) is 24.6 Å². The fourth-order valence-corrected chi connectivity index (χ4v) is 1.60. The second-order valence-corrected chi connectivity index (χ2v) is 5.04. The largest absolute Gasteiger partial charge is 0.511 e. The molecule has 0 saturated heterocycles. The Kier molecular flexibility index (Phi) is 4.97. The summed E-state index contributed by atoms with van der Waals surface area (Å²) < 4.78 is 63.6. The molecule has 0 spiro atoms. The van der Waals surface area contributed by atoms with Crippen molar-refractivity contribution < 1.29 is 26.3 Å². The first-order valence-corrected chi connectivity index (χ1v) is 6.46. The summed E-state index contributed by atoms with van der Waals surface area (Å²) >= 11 is 0. The highest BCUT2D eigenvalue weighted by molar-refractivity contribution is 7.90. The average Bonchev–Trinajstić information content (AvgIpc) is 2.28. The Balaban J connectivity index is 2.24. The molecule has 0 aliphatic carbocycles. The van der Waals surface area contributed by atoms with Crippen LogP contribution in [0.1, 0.15) is 6.42 Å². The van der Waals surface area contributed by atoms with Gasteiger partial charge in [0.25, 0.3) is 0 Å². The lowest BCUT2D eigenvalue weighted by Crippen LogP contribution is -2.37. The van der Waals surface area contributed by atoms with Crippen LogP contribution in [0.4, 0.5) is 13.2 Å². The van der Waals surface area contributed by atoms with Crippen molar-refractivity contribution in [2.45, 2.75) is 11.9 Å². The Labute approximate surface area is 103 Å². The van der Waals surface area contributed by atoms with E-state index in [4.69, 9.17) is 4.74 Å². The summed E-state index contributed by atoms with van der Waals surface area (Å²) in [7, 11) is -5.25. The third-order valence-electron chi connectivity index (χ3n) is 1.87. The molecule has 0 aliphatic heterocycles. The molecule has 4 nitrogen and oxygen atoms in total. The van der Waals surface area contributed by atoms with E-state index >= 15 is 0 Å². The van der Waals surface area contributed by atoms with Crippen LogP contribution in [0.15, 0.2) is 24.3 Å². The molecular formula is C10H11F3NO3S. The van der Waals surface area contributed by atoms with Gasteiger partial charge in [-0.25, -0.2) is 13.1 Å². The number of benzene rings is 1. The summed E-state index contributed by atoms with van der Waals surface area (Å²) in [5.74, 6) is 0.549. The first kappa shape index (κ1) is 14.8. The molecule has 0 atom stereocenters. The van der Waals surface area contributed by atoms with Crippen molar-refractivity contribution in [2.24, 2.45) is 0 Å². The van der Waals surface area contributed by atoms with E-state index in [0.29, 0.717) is 5.75 Å². The lowest BCUT2D eigenvalue weighted by atomic mass is 10.3. The normalized spacial score (nSPS) is 12.4. The average molecular weight is 282 g/mol. The maximum absolute atomic E-state index is 11.9. The summed E-state index contributed by atoms with van der Waals surface area (Å²) in [5, 5.41) is 0. The lowest BCUT2D eigenvalue weighted by Gasteiger charge is -2.09. The Morgan fingerprint density at radius 2 is 1.89 bits per heavy atom.